The van der Waals surface area contributed by atoms with Gasteiger partial charge in [0.2, 0.25) is 0 Å². The molecule has 0 aromatic carbocycles. The molecule has 308 valence electrons. The second-order valence-corrected chi connectivity index (χ2v) is 15.7. The molecule has 0 aromatic rings. The van der Waals surface area contributed by atoms with Crippen molar-refractivity contribution in [2.24, 2.45) is 0 Å². The quantitative estimate of drug-likeness (QED) is 0.0353. The van der Waals surface area contributed by atoms with Crippen LogP contribution in [0, 0.1) is 0 Å². The van der Waals surface area contributed by atoms with Crippen LogP contribution in [0.1, 0.15) is 258 Å². The normalized spacial score (nSPS) is 11.8. The van der Waals surface area contributed by atoms with Crippen molar-refractivity contribution in [2.45, 2.75) is 264 Å². The van der Waals surface area contributed by atoms with Crippen LogP contribution in [0.3, 0.4) is 0 Å². The number of carbonyl (C=O) groups excluding carboxylic acids is 3. The van der Waals surface area contributed by atoms with E-state index in [4.69, 9.17) is 14.2 Å². The maximum Gasteiger partial charge on any atom is 0.306 e. The average molecular weight is 737 g/mol. The van der Waals surface area contributed by atoms with Crippen LogP contribution < -0.4 is 0 Å². The fourth-order valence-electron chi connectivity index (χ4n) is 6.85. The van der Waals surface area contributed by atoms with Crippen molar-refractivity contribution in [3.63, 3.8) is 0 Å². The zero-order valence-electron chi connectivity index (χ0n) is 35.1. The Kier molecular flexibility index (Phi) is 40.9. The maximum absolute atomic E-state index is 12.5. The summed E-state index contributed by atoms with van der Waals surface area (Å²) in [5.41, 5.74) is 0. The highest BCUT2D eigenvalue weighted by Gasteiger charge is 2.19. The van der Waals surface area contributed by atoms with Crippen LogP contribution >= 0.6 is 0 Å². The van der Waals surface area contributed by atoms with Crippen LogP contribution in [0.15, 0.2) is 0 Å². The smallest absolute Gasteiger partial charge is 0.306 e. The van der Waals surface area contributed by atoms with E-state index in [-0.39, 0.29) is 31.1 Å². The molecule has 6 nitrogen and oxygen atoms in total. The van der Waals surface area contributed by atoms with E-state index in [1.807, 2.05) is 0 Å². The molecule has 0 unspecified atom stereocenters. The molecule has 0 heterocycles. The molecule has 6 heteroatoms. The van der Waals surface area contributed by atoms with E-state index >= 15 is 0 Å². The largest absolute Gasteiger partial charge is 0.462 e. The van der Waals surface area contributed by atoms with Crippen molar-refractivity contribution in [2.75, 3.05) is 13.2 Å². The maximum atomic E-state index is 12.5. The first kappa shape index (κ1) is 50.4. The Labute approximate surface area is 323 Å². The SMILES string of the molecule is CCCCCCCCCCCCCCCCCC(=O)OC[C@@H](COC(=O)CCCCCCCCCCCCCCCC)OC(=O)CCCCCCC. The molecule has 52 heavy (non-hydrogen) atoms. The van der Waals surface area contributed by atoms with Gasteiger partial charge in [-0.05, 0) is 19.3 Å². The van der Waals surface area contributed by atoms with Gasteiger partial charge in [0.05, 0.1) is 0 Å². The topological polar surface area (TPSA) is 78.9 Å². The van der Waals surface area contributed by atoms with E-state index in [0.29, 0.717) is 19.3 Å². The molecule has 0 aliphatic carbocycles. The lowest BCUT2D eigenvalue weighted by molar-refractivity contribution is -0.167. The van der Waals surface area contributed by atoms with E-state index in [2.05, 4.69) is 20.8 Å². The lowest BCUT2D eigenvalue weighted by Crippen LogP contribution is -2.30. The summed E-state index contributed by atoms with van der Waals surface area (Å²) in [7, 11) is 0. The molecular formula is C46H88O6. The Morgan fingerprint density at radius 1 is 0.308 bits per heavy atom. The Bertz CT molecular complexity index is 768. The van der Waals surface area contributed by atoms with Gasteiger partial charge in [0.15, 0.2) is 6.10 Å². The van der Waals surface area contributed by atoms with Crippen LogP contribution in [0.2, 0.25) is 0 Å². The average Bonchev–Trinajstić information content (AvgIpc) is 3.14. The fourth-order valence-corrected chi connectivity index (χ4v) is 6.85. The fraction of sp³-hybridized carbons (Fsp3) is 0.935. The monoisotopic (exact) mass is 737 g/mol. The molecule has 0 saturated heterocycles. The van der Waals surface area contributed by atoms with Gasteiger partial charge in [0.25, 0.3) is 0 Å². The van der Waals surface area contributed by atoms with Gasteiger partial charge in [-0.1, -0.05) is 220 Å². The summed E-state index contributed by atoms with van der Waals surface area (Å²) in [4.78, 5) is 37.4. The predicted molar refractivity (Wildman–Crippen MR) is 220 cm³/mol. The number of hydrogen-bond donors (Lipinski definition) is 0. The lowest BCUT2D eigenvalue weighted by Gasteiger charge is -2.18. The van der Waals surface area contributed by atoms with Gasteiger partial charge in [-0.2, -0.15) is 0 Å². The molecule has 0 aromatic heterocycles. The minimum Gasteiger partial charge on any atom is -0.462 e. The first-order valence-electron chi connectivity index (χ1n) is 23.0. The summed E-state index contributed by atoms with van der Waals surface area (Å²) in [5, 5.41) is 0. The van der Waals surface area contributed by atoms with E-state index < -0.39 is 6.10 Å². The minimum absolute atomic E-state index is 0.0642. The Hall–Kier alpha value is -1.59. The lowest BCUT2D eigenvalue weighted by atomic mass is 10.0. The van der Waals surface area contributed by atoms with Crippen molar-refractivity contribution in [1.29, 1.82) is 0 Å². The zero-order valence-corrected chi connectivity index (χ0v) is 35.1. The molecular weight excluding hydrogens is 649 g/mol. The number of esters is 3. The molecule has 0 amide bonds. The summed E-state index contributed by atoms with van der Waals surface area (Å²) in [6.45, 7) is 6.58. The third kappa shape index (κ3) is 39.6. The van der Waals surface area contributed by atoms with E-state index in [0.717, 1.165) is 64.2 Å². The molecule has 1 atom stereocenters. The first-order chi connectivity index (χ1) is 25.5. The molecule has 0 aliphatic rings. The van der Waals surface area contributed by atoms with E-state index in [1.54, 1.807) is 0 Å². The first-order valence-corrected chi connectivity index (χ1v) is 23.0. The summed E-state index contributed by atoms with van der Waals surface area (Å²) in [6.07, 6.45) is 42.6. The standard InChI is InChI=1S/C46H88O6/c1-4-7-10-13-15-17-19-21-23-25-27-29-31-34-36-39-45(48)51-42-43(52-46(49)40-37-32-12-9-6-3)41-50-44(47)38-35-33-30-28-26-24-22-20-18-16-14-11-8-5-2/h43H,4-42H2,1-3H3/t43-/m1/s1. The number of rotatable bonds is 42. The van der Waals surface area contributed by atoms with Crippen molar-refractivity contribution in [3.05, 3.63) is 0 Å². The molecule has 0 fully saturated rings. The van der Waals surface area contributed by atoms with Gasteiger partial charge in [-0.3, -0.25) is 14.4 Å². The van der Waals surface area contributed by atoms with Crippen LogP contribution in [-0.2, 0) is 28.6 Å². The molecule has 0 spiro atoms. The molecule has 0 rings (SSSR count). The third-order valence-electron chi connectivity index (χ3n) is 10.4. The summed E-state index contributed by atoms with van der Waals surface area (Å²) < 4.78 is 16.6. The molecule has 0 radical (unpaired) electrons. The minimum atomic E-state index is -0.756. The van der Waals surface area contributed by atoms with Crippen LogP contribution in [0.5, 0.6) is 0 Å². The predicted octanol–water partition coefficient (Wildman–Crippen LogP) is 14.5. The van der Waals surface area contributed by atoms with Gasteiger partial charge in [0.1, 0.15) is 13.2 Å². The summed E-state index contributed by atoms with van der Waals surface area (Å²) in [5.74, 6) is -0.865. The van der Waals surface area contributed by atoms with E-state index in [9.17, 15) is 14.4 Å². The van der Waals surface area contributed by atoms with Crippen molar-refractivity contribution >= 4 is 17.9 Å². The molecule has 0 bridgehead atoms. The van der Waals surface area contributed by atoms with Gasteiger partial charge in [-0.25, -0.2) is 0 Å². The summed E-state index contributed by atoms with van der Waals surface area (Å²) in [6, 6.07) is 0. The van der Waals surface area contributed by atoms with Crippen molar-refractivity contribution < 1.29 is 28.6 Å². The number of hydrogen-bond acceptors (Lipinski definition) is 6. The van der Waals surface area contributed by atoms with Crippen LogP contribution in [-0.4, -0.2) is 37.2 Å². The van der Waals surface area contributed by atoms with Crippen molar-refractivity contribution in [3.8, 4) is 0 Å². The van der Waals surface area contributed by atoms with Crippen LogP contribution in [0.25, 0.3) is 0 Å². The van der Waals surface area contributed by atoms with Gasteiger partial charge < -0.3 is 14.2 Å². The Balaban J connectivity index is 4.12. The van der Waals surface area contributed by atoms with E-state index in [1.165, 1.54) is 154 Å². The zero-order chi connectivity index (χ0) is 38.0. The summed E-state index contributed by atoms with van der Waals surface area (Å²) >= 11 is 0. The Morgan fingerprint density at radius 3 is 0.769 bits per heavy atom. The van der Waals surface area contributed by atoms with Gasteiger partial charge in [0, 0.05) is 19.3 Å². The molecule has 0 saturated carbocycles. The highest BCUT2D eigenvalue weighted by Crippen LogP contribution is 2.16. The highest BCUT2D eigenvalue weighted by molar-refractivity contribution is 5.71. The second-order valence-electron chi connectivity index (χ2n) is 15.7. The van der Waals surface area contributed by atoms with Gasteiger partial charge in [-0.15, -0.1) is 0 Å². The second kappa shape index (κ2) is 42.2. The van der Waals surface area contributed by atoms with Crippen molar-refractivity contribution in [1.82, 2.24) is 0 Å². The Morgan fingerprint density at radius 2 is 0.519 bits per heavy atom. The molecule has 0 N–H and O–H groups in total. The number of ether oxygens (including phenoxy) is 3. The van der Waals surface area contributed by atoms with Gasteiger partial charge >= 0.3 is 17.9 Å². The highest BCUT2D eigenvalue weighted by atomic mass is 16.6. The third-order valence-corrected chi connectivity index (χ3v) is 10.4. The molecule has 0 aliphatic heterocycles. The van der Waals surface area contributed by atoms with Crippen LogP contribution in [0.4, 0.5) is 0 Å². The number of unbranched alkanes of at least 4 members (excludes halogenated alkanes) is 31. The number of carbonyl (C=O) groups is 3.